The van der Waals surface area contributed by atoms with Crippen molar-refractivity contribution in [2.75, 3.05) is 26.2 Å². The number of amides is 1. The Labute approximate surface area is 138 Å². The molecule has 1 aliphatic heterocycles. The van der Waals surface area contributed by atoms with Crippen molar-refractivity contribution in [2.24, 2.45) is 11.7 Å². The first-order chi connectivity index (χ1) is 9.19. The molecule has 0 unspecified atom stereocenters. The zero-order chi connectivity index (χ0) is 13.7. The fourth-order valence-electron chi connectivity index (χ4n) is 2.32. The first-order valence-electron chi connectivity index (χ1n) is 6.97. The highest BCUT2D eigenvalue weighted by Gasteiger charge is 2.15. The molecule has 1 saturated heterocycles. The van der Waals surface area contributed by atoms with Crippen LogP contribution in [0.4, 0.5) is 0 Å². The smallest absolute Gasteiger partial charge is 0.254 e. The second-order valence-electron chi connectivity index (χ2n) is 5.29. The third-order valence-electron chi connectivity index (χ3n) is 3.71. The molecule has 5 nitrogen and oxygen atoms in total. The number of nitrogens with zero attached hydrogens (tertiary/aromatic N) is 1. The molecule has 0 aliphatic carbocycles. The summed E-state index contributed by atoms with van der Waals surface area (Å²) in [5.41, 5.74) is 5.99. The molecule has 2 heterocycles. The van der Waals surface area contributed by atoms with Crippen LogP contribution in [0.5, 0.6) is 0 Å². The van der Waals surface area contributed by atoms with Crippen LogP contribution in [0.15, 0.2) is 16.7 Å². The van der Waals surface area contributed by atoms with Crippen molar-refractivity contribution in [3.05, 3.63) is 23.7 Å². The van der Waals surface area contributed by atoms with Crippen LogP contribution in [-0.2, 0) is 6.54 Å². The summed E-state index contributed by atoms with van der Waals surface area (Å²) >= 11 is 0. The Morgan fingerprint density at radius 3 is 2.67 bits per heavy atom. The number of carbonyl (C=O) groups excluding carboxylic acids is 1. The van der Waals surface area contributed by atoms with Crippen molar-refractivity contribution < 1.29 is 9.21 Å². The molecule has 0 spiro atoms. The van der Waals surface area contributed by atoms with Crippen LogP contribution in [0.1, 0.15) is 35.9 Å². The van der Waals surface area contributed by atoms with Crippen molar-refractivity contribution in [2.45, 2.75) is 26.3 Å². The molecule has 3 N–H and O–H groups in total. The van der Waals surface area contributed by atoms with Gasteiger partial charge in [-0.05, 0) is 37.9 Å². The molecular weight excluding hydrogens is 313 g/mol. The topological polar surface area (TPSA) is 71.5 Å². The van der Waals surface area contributed by atoms with E-state index in [2.05, 4.69) is 17.1 Å². The van der Waals surface area contributed by atoms with E-state index in [4.69, 9.17) is 10.2 Å². The Hall–Kier alpha value is -0.750. The van der Waals surface area contributed by atoms with Crippen LogP contribution >= 0.6 is 24.8 Å². The zero-order valence-corrected chi connectivity index (χ0v) is 14.0. The van der Waals surface area contributed by atoms with Gasteiger partial charge < -0.3 is 20.4 Å². The summed E-state index contributed by atoms with van der Waals surface area (Å²) in [6.07, 6.45) is 3.98. The molecule has 122 valence electrons. The maximum absolute atomic E-state index is 11.8. The van der Waals surface area contributed by atoms with Gasteiger partial charge in [-0.2, -0.15) is 0 Å². The molecule has 2 rings (SSSR count). The van der Waals surface area contributed by atoms with Gasteiger partial charge in [0.2, 0.25) is 0 Å². The summed E-state index contributed by atoms with van der Waals surface area (Å²) in [6, 6.07) is 1.69. The van der Waals surface area contributed by atoms with Crippen LogP contribution in [0, 0.1) is 5.92 Å². The third kappa shape index (κ3) is 6.26. The van der Waals surface area contributed by atoms with Crippen molar-refractivity contribution in [1.29, 1.82) is 0 Å². The van der Waals surface area contributed by atoms with Gasteiger partial charge in [0, 0.05) is 13.1 Å². The Balaban J connectivity index is 0.00000200. The van der Waals surface area contributed by atoms with Gasteiger partial charge in [-0.25, -0.2) is 0 Å². The molecular formula is C14H25Cl2N3O2. The number of nitrogens with one attached hydrogen (secondary N) is 1. The maximum atomic E-state index is 11.8. The van der Waals surface area contributed by atoms with E-state index < -0.39 is 0 Å². The predicted molar refractivity (Wildman–Crippen MR) is 88.3 cm³/mol. The van der Waals surface area contributed by atoms with E-state index in [0.29, 0.717) is 24.4 Å². The van der Waals surface area contributed by atoms with E-state index in [1.54, 1.807) is 6.07 Å². The standard InChI is InChI=1S/C14H23N3O2.2ClH/c1-11-2-5-17(6-3-11)7-4-16-14(18)12-8-13(9-15)19-10-12;;/h8,10-11H,2-7,9,15H2,1H3,(H,16,18);2*1H. The fraction of sp³-hybridized carbons (Fsp3) is 0.643. The van der Waals surface area contributed by atoms with Gasteiger partial charge in [0.15, 0.2) is 0 Å². The van der Waals surface area contributed by atoms with E-state index in [9.17, 15) is 4.79 Å². The Morgan fingerprint density at radius 1 is 1.43 bits per heavy atom. The zero-order valence-electron chi connectivity index (χ0n) is 12.3. The Morgan fingerprint density at radius 2 is 2.10 bits per heavy atom. The number of carbonyl (C=O) groups is 1. The predicted octanol–water partition coefficient (Wildman–Crippen LogP) is 2.04. The lowest BCUT2D eigenvalue weighted by Crippen LogP contribution is -2.39. The maximum Gasteiger partial charge on any atom is 0.254 e. The summed E-state index contributed by atoms with van der Waals surface area (Å²) in [7, 11) is 0. The molecule has 0 bridgehead atoms. The second kappa shape index (κ2) is 10.1. The number of piperidine rings is 1. The number of furan rings is 1. The van der Waals surface area contributed by atoms with E-state index in [1.165, 1.54) is 19.1 Å². The van der Waals surface area contributed by atoms with Gasteiger partial charge in [0.1, 0.15) is 12.0 Å². The molecule has 1 amide bonds. The summed E-state index contributed by atoms with van der Waals surface area (Å²) in [4.78, 5) is 14.2. The van der Waals surface area contributed by atoms with Gasteiger partial charge >= 0.3 is 0 Å². The lowest BCUT2D eigenvalue weighted by molar-refractivity contribution is 0.0944. The molecule has 1 aromatic rings. The molecule has 1 fully saturated rings. The number of hydrogen-bond acceptors (Lipinski definition) is 4. The SMILES string of the molecule is CC1CCN(CCNC(=O)c2coc(CN)c2)CC1.Cl.Cl. The molecule has 1 aromatic heterocycles. The first kappa shape index (κ1) is 20.2. The number of rotatable bonds is 5. The third-order valence-corrected chi connectivity index (χ3v) is 3.71. The normalized spacial score (nSPS) is 15.9. The van der Waals surface area contributed by atoms with Gasteiger partial charge in [-0.15, -0.1) is 24.8 Å². The molecule has 1 aliphatic rings. The van der Waals surface area contributed by atoms with Gasteiger partial charge in [-0.3, -0.25) is 4.79 Å². The molecule has 0 radical (unpaired) electrons. The summed E-state index contributed by atoms with van der Waals surface area (Å²) in [6.45, 7) is 6.49. The number of hydrogen-bond donors (Lipinski definition) is 2. The van der Waals surface area contributed by atoms with E-state index >= 15 is 0 Å². The molecule has 21 heavy (non-hydrogen) atoms. The fourth-order valence-corrected chi connectivity index (χ4v) is 2.32. The minimum Gasteiger partial charge on any atom is -0.467 e. The number of nitrogens with two attached hydrogens (primary N) is 1. The Bertz CT molecular complexity index is 418. The highest BCUT2D eigenvalue weighted by Crippen LogP contribution is 2.15. The quantitative estimate of drug-likeness (QED) is 0.862. The van der Waals surface area contributed by atoms with E-state index in [1.807, 2.05) is 0 Å². The van der Waals surface area contributed by atoms with E-state index in [0.717, 1.165) is 25.6 Å². The van der Waals surface area contributed by atoms with Crippen molar-refractivity contribution in [3.63, 3.8) is 0 Å². The largest absolute Gasteiger partial charge is 0.467 e. The van der Waals surface area contributed by atoms with Crippen molar-refractivity contribution in [1.82, 2.24) is 10.2 Å². The van der Waals surface area contributed by atoms with Crippen molar-refractivity contribution >= 4 is 30.7 Å². The van der Waals surface area contributed by atoms with Crippen LogP contribution in [0.25, 0.3) is 0 Å². The van der Waals surface area contributed by atoms with Crippen molar-refractivity contribution in [3.8, 4) is 0 Å². The van der Waals surface area contributed by atoms with Gasteiger partial charge in [0.05, 0.1) is 12.1 Å². The highest BCUT2D eigenvalue weighted by molar-refractivity contribution is 5.93. The monoisotopic (exact) mass is 337 g/mol. The molecule has 0 atom stereocenters. The average molecular weight is 338 g/mol. The molecule has 0 aromatic carbocycles. The Kier molecular flexibility index (Phi) is 9.70. The van der Waals surface area contributed by atoms with E-state index in [-0.39, 0.29) is 30.7 Å². The minimum absolute atomic E-state index is 0. The number of likely N-dealkylation sites (tertiary alicyclic amines) is 1. The molecule has 7 heteroatoms. The second-order valence-corrected chi connectivity index (χ2v) is 5.29. The van der Waals surface area contributed by atoms with Crippen LogP contribution in [0.2, 0.25) is 0 Å². The highest BCUT2D eigenvalue weighted by atomic mass is 35.5. The van der Waals surface area contributed by atoms with Crippen LogP contribution in [0.3, 0.4) is 0 Å². The van der Waals surface area contributed by atoms with Gasteiger partial charge in [0.25, 0.3) is 5.91 Å². The summed E-state index contributed by atoms with van der Waals surface area (Å²) in [5, 5.41) is 2.91. The minimum atomic E-state index is -0.0890. The summed E-state index contributed by atoms with van der Waals surface area (Å²) in [5.74, 6) is 1.38. The lowest BCUT2D eigenvalue weighted by atomic mass is 9.99. The lowest BCUT2D eigenvalue weighted by Gasteiger charge is -2.30. The first-order valence-corrected chi connectivity index (χ1v) is 6.97. The molecule has 0 saturated carbocycles. The van der Waals surface area contributed by atoms with Gasteiger partial charge in [-0.1, -0.05) is 6.92 Å². The average Bonchev–Trinajstić information content (AvgIpc) is 2.90. The van der Waals surface area contributed by atoms with Crippen LogP contribution in [-0.4, -0.2) is 37.0 Å². The summed E-state index contributed by atoms with van der Waals surface area (Å²) < 4.78 is 5.15. The number of halogens is 2. The van der Waals surface area contributed by atoms with Crippen LogP contribution < -0.4 is 11.1 Å².